The second kappa shape index (κ2) is 8.10. The van der Waals surface area contributed by atoms with E-state index < -0.39 is 0 Å². The number of hydrogen-bond donors (Lipinski definition) is 1. The molecule has 2 nitrogen and oxygen atoms in total. The molecule has 1 fully saturated rings. The third-order valence-electron chi connectivity index (χ3n) is 4.27. The molecular formula is C15H32N2. The largest absolute Gasteiger partial charge is 0.311 e. The van der Waals surface area contributed by atoms with Gasteiger partial charge in [0.2, 0.25) is 0 Å². The summed E-state index contributed by atoms with van der Waals surface area (Å²) in [6, 6.07) is 1.39. The van der Waals surface area contributed by atoms with E-state index in [1.807, 2.05) is 0 Å². The van der Waals surface area contributed by atoms with Crippen molar-refractivity contribution in [2.75, 3.05) is 19.6 Å². The van der Waals surface area contributed by atoms with E-state index in [0.717, 1.165) is 5.92 Å². The summed E-state index contributed by atoms with van der Waals surface area (Å²) in [5.41, 5.74) is 0. The van der Waals surface area contributed by atoms with E-state index in [1.54, 1.807) is 0 Å². The van der Waals surface area contributed by atoms with Crippen molar-refractivity contribution >= 4 is 0 Å². The maximum absolute atomic E-state index is 3.82. The maximum atomic E-state index is 3.82. The fourth-order valence-corrected chi connectivity index (χ4v) is 3.05. The lowest BCUT2D eigenvalue weighted by Crippen LogP contribution is -2.47. The van der Waals surface area contributed by atoms with Gasteiger partial charge in [0.25, 0.3) is 0 Å². The van der Waals surface area contributed by atoms with Gasteiger partial charge in [-0.3, -0.25) is 0 Å². The smallest absolute Gasteiger partial charge is 0.00818 e. The highest BCUT2D eigenvalue weighted by Crippen LogP contribution is 2.20. The van der Waals surface area contributed by atoms with Gasteiger partial charge in [-0.15, -0.1) is 0 Å². The Morgan fingerprint density at radius 1 is 1.24 bits per heavy atom. The Morgan fingerprint density at radius 2 is 1.94 bits per heavy atom. The number of rotatable bonds is 7. The van der Waals surface area contributed by atoms with Crippen LogP contribution in [-0.2, 0) is 0 Å². The summed E-state index contributed by atoms with van der Waals surface area (Å²) in [5, 5.41) is 3.82. The van der Waals surface area contributed by atoms with E-state index in [-0.39, 0.29) is 0 Å². The van der Waals surface area contributed by atoms with Crippen LogP contribution in [-0.4, -0.2) is 36.6 Å². The lowest BCUT2D eigenvalue weighted by atomic mass is 9.90. The van der Waals surface area contributed by atoms with Gasteiger partial charge in [0.05, 0.1) is 0 Å². The highest BCUT2D eigenvalue weighted by Gasteiger charge is 2.24. The second-order valence-corrected chi connectivity index (χ2v) is 5.67. The van der Waals surface area contributed by atoms with Crippen LogP contribution in [0.1, 0.15) is 59.8 Å². The molecule has 17 heavy (non-hydrogen) atoms. The van der Waals surface area contributed by atoms with E-state index in [0.29, 0.717) is 12.1 Å². The molecule has 0 aromatic carbocycles. The summed E-state index contributed by atoms with van der Waals surface area (Å²) in [4.78, 5) is 2.65. The van der Waals surface area contributed by atoms with Crippen LogP contribution in [0.4, 0.5) is 0 Å². The van der Waals surface area contributed by atoms with Crippen LogP contribution in [0.25, 0.3) is 0 Å². The first-order valence-corrected chi connectivity index (χ1v) is 7.69. The lowest BCUT2D eigenvalue weighted by molar-refractivity contribution is 0.146. The fraction of sp³-hybridized carbons (Fsp3) is 1.00. The van der Waals surface area contributed by atoms with Crippen LogP contribution in [0.3, 0.4) is 0 Å². The SMILES string of the molecule is CCCN1CCCC(C(C)NC(CC)CC)C1. The standard InChI is InChI=1S/C15H32N2/c1-5-10-17-11-8-9-14(12-17)13(4)16-15(6-2)7-3/h13-16H,5-12H2,1-4H3. The molecule has 0 saturated carbocycles. The average molecular weight is 240 g/mol. The molecule has 0 aromatic rings. The Kier molecular flexibility index (Phi) is 7.14. The molecule has 0 aliphatic carbocycles. The summed E-state index contributed by atoms with van der Waals surface area (Å²) in [6.45, 7) is 13.2. The summed E-state index contributed by atoms with van der Waals surface area (Å²) < 4.78 is 0. The zero-order valence-corrected chi connectivity index (χ0v) is 12.3. The van der Waals surface area contributed by atoms with E-state index >= 15 is 0 Å². The van der Waals surface area contributed by atoms with Gasteiger partial charge in [-0.05, 0) is 58.0 Å². The number of nitrogens with zero attached hydrogens (tertiary/aromatic N) is 1. The van der Waals surface area contributed by atoms with E-state index in [1.165, 1.54) is 51.7 Å². The Hall–Kier alpha value is -0.0800. The molecule has 1 N–H and O–H groups in total. The minimum Gasteiger partial charge on any atom is -0.311 e. The first kappa shape index (κ1) is 15.0. The molecule has 1 aliphatic rings. The molecule has 0 bridgehead atoms. The van der Waals surface area contributed by atoms with Crippen molar-refractivity contribution < 1.29 is 0 Å². The second-order valence-electron chi connectivity index (χ2n) is 5.67. The summed E-state index contributed by atoms with van der Waals surface area (Å²) in [5.74, 6) is 0.857. The first-order valence-electron chi connectivity index (χ1n) is 7.69. The van der Waals surface area contributed by atoms with Crippen molar-refractivity contribution in [1.29, 1.82) is 0 Å². The Balaban J connectivity index is 2.37. The predicted octanol–water partition coefficient (Wildman–Crippen LogP) is 3.28. The van der Waals surface area contributed by atoms with Crippen molar-refractivity contribution in [3.05, 3.63) is 0 Å². The van der Waals surface area contributed by atoms with Crippen molar-refractivity contribution in [2.45, 2.75) is 71.9 Å². The molecule has 2 heteroatoms. The molecule has 1 rings (SSSR count). The quantitative estimate of drug-likeness (QED) is 0.735. The number of likely N-dealkylation sites (tertiary alicyclic amines) is 1. The van der Waals surface area contributed by atoms with Gasteiger partial charge in [0.1, 0.15) is 0 Å². The van der Waals surface area contributed by atoms with Crippen molar-refractivity contribution in [1.82, 2.24) is 10.2 Å². The maximum Gasteiger partial charge on any atom is 0.00818 e. The van der Waals surface area contributed by atoms with Gasteiger partial charge >= 0.3 is 0 Å². The molecule has 1 heterocycles. The van der Waals surface area contributed by atoms with E-state index in [4.69, 9.17) is 0 Å². The normalized spacial score (nSPS) is 24.2. The molecule has 1 saturated heterocycles. The molecule has 0 aromatic heterocycles. The first-order chi connectivity index (χ1) is 8.21. The van der Waals surface area contributed by atoms with Gasteiger partial charge < -0.3 is 10.2 Å². The zero-order chi connectivity index (χ0) is 12.7. The Labute approximate surface area is 108 Å². The molecule has 2 unspecified atom stereocenters. The minimum atomic E-state index is 0.680. The van der Waals surface area contributed by atoms with Gasteiger partial charge in [-0.25, -0.2) is 0 Å². The van der Waals surface area contributed by atoms with Gasteiger partial charge in [0, 0.05) is 18.6 Å². The van der Waals surface area contributed by atoms with Crippen LogP contribution in [0, 0.1) is 5.92 Å². The Morgan fingerprint density at radius 3 is 2.53 bits per heavy atom. The van der Waals surface area contributed by atoms with Crippen LogP contribution in [0.2, 0.25) is 0 Å². The van der Waals surface area contributed by atoms with Crippen molar-refractivity contribution in [2.24, 2.45) is 5.92 Å². The fourth-order valence-electron chi connectivity index (χ4n) is 3.05. The van der Waals surface area contributed by atoms with Gasteiger partial charge in [-0.2, -0.15) is 0 Å². The summed E-state index contributed by atoms with van der Waals surface area (Å²) >= 11 is 0. The summed E-state index contributed by atoms with van der Waals surface area (Å²) in [6.07, 6.45) is 6.60. The zero-order valence-electron chi connectivity index (χ0n) is 12.3. The highest BCUT2D eigenvalue weighted by atomic mass is 15.1. The van der Waals surface area contributed by atoms with Crippen LogP contribution in [0.15, 0.2) is 0 Å². The van der Waals surface area contributed by atoms with Gasteiger partial charge in [0.15, 0.2) is 0 Å². The Bertz CT molecular complexity index is 187. The van der Waals surface area contributed by atoms with Crippen molar-refractivity contribution in [3.63, 3.8) is 0 Å². The van der Waals surface area contributed by atoms with Gasteiger partial charge in [-0.1, -0.05) is 20.8 Å². The van der Waals surface area contributed by atoms with E-state index in [2.05, 4.69) is 37.9 Å². The molecule has 0 radical (unpaired) electrons. The monoisotopic (exact) mass is 240 g/mol. The molecular weight excluding hydrogens is 208 g/mol. The predicted molar refractivity (Wildman–Crippen MR) is 76.4 cm³/mol. The number of piperidine rings is 1. The minimum absolute atomic E-state index is 0.680. The lowest BCUT2D eigenvalue weighted by Gasteiger charge is -2.37. The molecule has 0 amide bonds. The highest BCUT2D eigenvalue weighted by molar-refractivity contribution is 4.82. The van der Waals surface area contributed by atoms with Crippen LogP contribution >= 0.6 is 0 Å². The molecule has 1 aliphatic heterocycles. The summed E-state index contributed by atoms with van der Waals surface area (Å²) in [7, 11) is 0. The number of hydrogen-bond acceptors (Lipinski definition) is 2. The van der Waals surface area contributed by atoms with Crippen LogP contribution in [0.5, 0.6) is 0 Å². The third kappa shape index (κ3) is 4.97. The van der Waals surface area contributed by atoms with Crippen LogP contribution < -0.4 is 5.32 Å². The molecule has 102 valence electrons. The molecule has 2 atom stereocenters. The average Bonchev–Trinajstić information content (AvgIpc) is 2.36. The van der Waals surface area contributed by atoms with Crippen molar-refractivity contribution in [3.8, 4) is 0 Å². The topological polar surface area (TPSA) is 15.3 Å². The third-order valence-corrected chi connectivity index (χ3v) is 4.27. The molecule has 0 spiro atoms. The van der Waals surface area contributed by atoms with E-state index in [9.17, 15) is 0 Å². The number of nitrogens with one attached hydrogen (secondary N) is 1.